The summed E-state index contributed by atoms with van der Waals surface area (Å²) in [5.74, 6) is -0.371. The number of carbonyl (C=O) groups excluding carboxylic acids is 2. The number of nitriles is 1. The minimum Gasteiger partial charge on any atom is -0.379 e. The van der Waals surface area contributed by atoms with Crippen LogP contribution in [0.5, 0.6) is 0 Å². The number of halogens is 1. The van der Waals surface area contributed by atoms with Gasteiger partial charge in [-0.05, 0) is 23.8 Å². The number of benzene rings is 2. The maximum absolute atomic E-state index is 12.8. The van der Waals surface area contributed by atoms with Crippen LogP contribution >= 0.6 is 11.6 Å². The molecule has 0 aromatic heterocycles. The van der Waals surface area contributed by atoms with E-state index in [9.17, 15) is 9.59 Å². The number of morpholine rings is 1. The van der Waals surface area contributed by atoms with E-state index in [2.05, 4.69) is 16.3 Å². The van der Waals surface area contributed by atoms with Crippen molar-refractivity contribution in [3.05, 3.63) is 65.2 Å². The smallest absolute Gasteiger partial charge is 0.227 e. The number of carbonyl (C=O) groups is 2. The summed E-state index contributed by atoms with van der Waals surface area (Å²) in [6.45, 7) is 3.49. The lowest BCUT2D eigenvalue weighted by molar-refractivity contribution is -0.125. The van der Waals surface area contributed by atoms with E-state index in [-0.39, 0.29) is 37.1 Å². The first-order valence-corrected chi connectivity index (χ1v) is 11.5. The second kappa shape index (κ2) is 12.9. The van der Waals surface area contributed by atoms with Gasteiger partial charge in [-0.1, -0.05) is 48.0 Å². The number of para-hydroxylation sites is 1. The van der Waals surface area contributed by atoms with Gasteiger partial charge in [-0.2, -0.15) is 5.26 Å². The fourth-order valence-electron chi connectivity index (χ4n) is 3.89. The highest BCUT2D eigenvalue weighted by Gasteiger charge is 2.25. The minimum atomic E-state index is -0.193. The molecule has 1 fully saturated rings. The monoisotopic (exact) mass is 468 g/mol. The Hall–Kier alpha value is -2.92. The first-order valence-electron chi connectivity index (χ1n) is 11.2. The van der Waals surface area contributed by atoms with Crippen LogP contribution in [-0.4, -0.2) is 56.1 Å². The van der Waals surface area contributed by atoms with E-state index in [4.69, 9.17) is 21.6 Å². The van der Waals surface area contributed by atoms with Crippen molar-refractivity contribution in [1.29, 1.82) is 5.26 Å². The van der Waals surface area contributed by atoms with Gasteiger partial charge in [0.2, 0.25) is 11.8 Å². The molecule has 2 aromatic rings. The Morgan fingerprint density at radius 1 is 1.09 bits per heavy atom. The molecule has 2 amide bonds. The second-order valence-electron chi connectivity index (χ2n) is 7.78. The maximum atomic E-state index is 12.8. The largest absolute Gasteiger partial charge is 0.379 e. The average molecular weight is 469 g/mol. The molecule has 33 heavy (non-hydrogen) atoms. The van der Waals surface area contributed by atoms with Gasteiger partial charge in [-0.3, -0.25) is 14.5 Å². The molecule has 1 aliphatic heterocycles. The van der Waals surface area contributed by atoms with E-state index in [1.807, 2.05) is 54.6 Å². The van der Waals surface area contributed by atoms with Gasteiger partial charge in [0.05, 0.1) is 31.7 Å². The number of hydrogen-bond donors (Lipinski definition) is 1. The van der Waals surface area contributed by atoms with Crippen LogP contribution in [0, 0.1) is 11.3 Å². The molecular weight excluding hydrogens is 440 g/mol. The number of ether oxygens (including phenoxy) is 1. The normalized spacial score (nSPS) is 14.8. The lowest BCUT2D eigenvalue weighted by Gasteiger charge is -2.35. The van der Waals surface area contributed by atoms with E-state index in [0.717, 1.165) is 24.3 Å². The van der Waals surface area contributed by atoms with Gasteiger partial charge in [0.1, 0.15) is 0 Å². The second-order valence-corrected chi connectivity index (χ2v) is 8.19. The van der Waals surface area contributed by atoms with E-state index in [1.165, 1.54) is 0 Å². The third-order valence-corrected chi connectivity index (χ3v) is 5.97. The summed E-state index contributed by atoms with van der Waals surface area (Å²) in [7, 11) is 0. The Morgan fingerprint density at radius 3 is 2.48 bits per heavy atom. The van der Waals surface area contributed by atoms with Crippen LogP contribution in [0.1, 0.15) is 30.9 Å². The molecule has 2 aromatic carbocycles. The molecule has 0 spiro atoms. The summed E-state index contributed by atoms with van der Waals surface area (Å²) < 4.78 is 5.47. The zero-order valence-electron chi connectivity index (χ0n) is 18.6. The molecule has 0 bridgehead atoms. The Labute approximate surface area is 199 Å². The molecule has 7 nitrogen and oxygen atoms in total. The number of amides is 2. The summed E-state index contributed by atoms with van der Waals surface area (Å²) >= 11 is 6.45. The van der Waals surface area contributed by atoms with Crippen LogP contribution in [0.3, 0.4) is 0 Å². The Bertz CT molecular complexity index is 958. The SMILES string of the molecule is N#CCCN(C(=O)CCC(=O)NCC(c1ccccc1Cl)N1CCOCC1)c1ccccc1. The fourth-order valence-corrected chi connectivity index (χ4v) is 4.15. The van der Waals surface area contributed by atoms with Crippen molar-refractivity contribution in [2.45, 2.75) is 25.3 Å². The molecule has 0 aliphatic carbocycles. The Morgan fingerprint density at radius 2 is 1.79 bits per heavy atom. The van der Waals surface area contributed by atoms with Crippen molar-refractivity contribution < 1.29 is 14.3 Å². The predicted octanol–water partition coefficient (Wildman–Crippen LogP) is 3.56. The first kappa shape index (κ1) is 24.7. The molecular formula is C25H29ClN4O3. The fraction of sp³-hybridized carbons (Fsp3) is 0.400. The molecule has 1 saturated heterocycles. The van der Waals surface area contributed by atoms with Gasteiger partial charge < -0.3 is 15.0 Å². The van der Waals surface area contributed by atoms with Gasteiger partial charge in [-0.15, -0.1) is 0 Å². The standard InChI is InChI=1S/C25H29ClN4O3/c26-22-10-5-4-9-21(22)23(29-15-17-33-18-16-29)19-28-24(31)11-12-25(32)30(14-6-13-27)20-7-2-1-3-8-20/h1-5,7-10,23H,6,11-12,14-19H2,(H,28,31). The molecule has 1 atom stereocenters. The summed E-state index contributed by atoms with van der Waals surface area (Å²) in [4.78, 5) is 29.2. The first-order chi connectivity index (χ1) is 16.1. The number of anilines is 1. The number of nitrogens with one attached hydrogen (secondary N) is 1. The third kappa shape index (κ3) is 7.29. The number of nitrogens with zero attached hydrogens (tertiary/aromatic N) is 3. The van der Waals surface area contributed by atoms with Crippen molar-refractivity contribution in [1.82, 2.24) is 10.2 Å². The highest BCUT2D eigenvalue weighted by molar-refractivity contribution is 6.31. The lowest BCUT2D eigenvalue weighted by atomic mass is 10.0. The zero-order valence-corrected chi connectivity index (χ0v) is 19.3. The lowest BCUT2D eigenvalue weighted by Crippen LogP contribution is -2.44. The van der Waals surface area contributed by atoms with Gasteiger partial charge >= 0.3 is 0 Å². The van der Waals surface area contributed by atoms with Crippen molar-refractivity contribution in [3.63, 3.8) is 0 Å². The molecule has 0 radical (unpaired) electrons. The minimum absolute atomic E-state index is 0.0699. The third-order valence-electron chi connectivity index (χ3n) is 5.63. The molecule has 3 rings (SSSR count). The molecule has 174 valence electrons. The molecule has 1 aliphatic rings. The van der Waals surface area contributed by atoms with Gasteiger partial charge in [0, 0.05) is 49.7 Å². The topological polar surface area (TPSA) is 85.7 Å². The van der Waals surface area contributed by atoms with Crippen LogP contribution in [-0.2, 0) is 14.3 Å². The summed E-state index contributed by atoms with van der Waals surface area (Å²) in [5.41, 5.74) is 1.69. The van der Waals surface area contributed by atoms with Crippen LogP contribution in [0.25, 0.3) is 0 Å². The van der Waals surface area contributed by atoms with Crippen LogP contribution < -0.4 is 10.2 Å². The summed E-state index contributed by atoms with van der Waals surface area (Å²) in [6.07, 6.45) is 0.374. The van der Waals surface area contributed by atoms with Crippen molar-refractivity contribution >= 4 is 29.1 Å². The quantitative estimate of drug-likeness (QED) is 0.576. The van der Waals surface area contributed by atoms with Crippen LogP contribution in [0.4, 0.5) is 5.69 Å². The molecule has 0 saturated carbocycles. The molecule has 8 heteroatoms. The molecule has 1 heterocycles. The van der Waals surface area contributed by atoms with Gasteiger partial charge in [0.15, 0.2) is 0 Å². The number of hydrogen-bond acceptors (Lipinski definition) is 5. The Balaban J connectivity index is 1.58. The highest BCUT2D eigenvalue weighted by atomic mass is 35.5. The molecule has 1 unspecified atom stereocenters. The number of rotatable bonds is 10. The predicted molar refractivity (Wildman–Crippen MR) is 128 cm³/mol. The summed E-state index contributed by atoms with van der Waals surface area (Å²) in [6, 6.07) is 18.9. The zero-order chi connectivity index (χ0) is 23.5. The Kier molecular flexibility index (Phi) is 9.70. The van der Waals surface area contributed by atoms with Crippen LogP contribution in [0.2, 0.25) is 5.02 Å². The maximum Gasteiger partial charge on any atom is 0.227 e. The van der Waals surface area contributed by atoms with E-state index in [1.54, 1.807) is 4.90 Å². The van der Waals surface area contributed by atoms with Crippen molar-refractivity contribution in [2.24, 2.45) is 0 Å². The highest BCUT2D eigenvalue weighted by Crippen LogP contribution is 2.27. The molecule has 1 N–H and O–H groups in total. The van der Waals surface area contributed by atoms with Crippen molar-refractivity contribution in [2.75, 3.05) is 44.3 Å². The van der Waals surface area contributed by atoms with E-state index < -0.39 is 0 Å². The van der Waals surface area contributed by atoms with Crippen molar-refractivity contribution in [3.8, 4) is 6.07 Å². The van der Waals surface area contributed by atoms with E-state index in [0.29, 0.717) is 31.3 Å². The van der Waals surface area contributed by atoms with Gasteiger partial charge in [-0.25, -0.2) is 0 Å². The average Bonchev–Trinajstić information content (AvgIpc) is 2.85. The summed E-state index contributed by atoms with van der Waals surface area (Å²) in [5, 5.41) is 12.6. The van der Waals surface area contributed by atoms with Gasteiger partial charge in [0.25, 0.3) is 0 Å². The van der Waals surface area contributed by atoms with E-state index >= 15 is 0 Å². The van der Waals surface area contributed by atoms with Crippen LogP contribution in [0.15, 0.2) is 54.6 Å².